The average molecular weight is 403 g/mol. The van der Waals surface area contributed by atoms with Crippen LogP contribution in [0.25, 0.3) is 5.69 Å². The zero-order valence-electron chi connectivity index (χ0n) is 16.7. The summed E-state index contributed by atoms with van der Waals surface area (Å²) < 4.78 is 18.1. The van der Waals surface area contributed by atoms with Gasteiger partial charge in [-0.1, -0.05) is 18.1 Å². The fraction of sp³-hybridized carbons (Fsp3) is 0.217. The van der Waals surface area contributed by atoms with Gasteiger partial charge in [0.05, 0.1) is 25.6 Å². The van der Waals surface area contributed by atoms with E-state index in [9.17, 15) is 4.79 Å². The number of rotatable bonds is 6. The smallest absolute Gasteiger partial charge is 0.226 e. The molecule has 2 heterocycles. The summed E-state index contributed by atoms with van der Waals surface area (Å²) in [6.45, 7) is 0.126. The molecule has 0 unspecified atom stereocenters. The number of hydrogen-bond acceptors (Lipinski definition) is 5. The minimum atomic E-state index is -0.223. The molecule has 1 aliphatic heterocycles. The third-order valence-corrected chi connectivity index (χ3v) is 5.01. The Bertz CT molecular complexity index is 1130. The van der Waals surface area contributed by atoms with Crippen LogP contribution in [0, 0.1) is 12.3 Å². The molecule has 0 radical (unpaired) electrons. The lowest BCUT2D eigenvalue weighted by molar-refractivity contribution is -0.116. The average Bonchev–Trinajstić information content (AvgIpc) is 3.20. The van der Waals surface area contributed by atoms with E-state index in [1.54, 1.807) is 20.5 Å². The minimum Gasteiger partial charge on any atom is -0.497 e. The second-order valence-corrected chi connectivity index (χ2v) is 6.76. The normalized spacial score (nSPS) is 15.0. The number of terminal acetylenes is 1. The number of carbonyl (C=O) groups excluding carboxylic acids is 1. The van der Waals surface area contributed by atoms with E-state index >= 15 is 0 Å². The van der Waals surface area contributed by atoms with Crippen LogP contribution in [0.15, 0.2) is 48.8 Å². The van der Waals surface area contributed by atoms with E-state index in [0.717, 1.165) is 22.7 Å². The number of nitrogens with one attached hydrogen (secondary N) is 1. The highest BCUT2D eigenvalue weighted by Gasteiger charge is 2.31. The Kier molecular flexibility index (Phi) is 5.31. The van der Waals surface area contributed by atoms with E-state index in [2.05, 4.69) is 16.2 Å². The summed E-state index contributed by atoms with van der Waals surface area (Å²) in [6, 6.07) is 13.2. The molecule has 1 N–H and O–H groups in total. The summed E-state index contributed by atoms with van der Waals surface area (Å²) in [6.07, 6.45) is 7.30. The quantitative estimate of drug-likeness (QED) is 0.639. The van der Waals surface area contributed by atoms with Crippen molar-refractivity contribution < 1.29 is 19.0 Å². The van der Waals surface area contributed by atoms with Gasteiger partial charge in [0, 0.05) is 18.4 Å². The van der Waals surface area contributed by atoms with E-state index in [0.29, 0.717) is 17.3 Å². The second-order valence-electron chi connectivity index (χ2n) is 6.76. The first-order valence-corrected chi connectivity index (χ1v) is 9.40. The molecule has 0 saturated carbocycles. The molecular weight excluding hydrogens is 382 g/mol. The van der Waals surface area contributed by atoms with E-state index in [-0.39, 0.29) is 24.9 Å². The number of fused-ring (bicyclic) bond motifs is 1. The molecule has 1 aliphatic rings. The van der Waals surface area contributed by atoms with Gasteiger partial charge >= 0.3 is 0 Å². The maximum Gasteiger partial charge on any atom is 0.226 e. The summed E-state index contributed by atoms with van der Waals surface area (Å²) in [7, 11) is 3.18. The number of anilines is 1. The third kappa shape index (κ3) is 3.55. The number of hydrogen-bond donors (Lipinski definition) is 1. The number of amides is 1. The van der Waals surface area contributed by atoms with Crippen molar-refractivity contribution in [3.8, 4) is 35.3 Å². The molecule has 3 aromatic rings. The summed E-state index contributed by atoms with van der Waals surface area (Å²) >= 11 is 0. The Balaban J connectivity index is 1.76. The number of aromatic nitrogens is 2. The monoisotopic (exact) mass is 403 g/mol. The lowest BCUT2D eigenvalue weighted by atomic mass is 9.89. The highest BCUT2D eigenvalue weighted by atomic mass is 16.5. The van der Waals surface area contributed by atoms with Gasteiger partial charge in [0.2, 0.25) is 5.91 Å². The second kappa shape index (κ2) is 8.21. The van der Waals surface area contributed by atoms with E-state index in [4.69, 9.17) is 20.6 Å². The van der Waals surface area contributed by atoms with E-state index in [1.165, 1.54) is 0 Å². The van der Waals surface area contributed by atoms with Crippen LogP contribution in [0.1, 0.15) is 23.6 Å². The number of ether oxygens (including phenoxy) is 3. The molecular formula is C23H21N3O4. The predicted octanol–water partition coefficient (Wildman–Crippen LogP) is 3.38. The molecule has 152 valence electrons. The van der Waals surface area contributed by atoms with Gasteiger partial charge in [0.15, 0.2) is 11.5 Å². The van der Waals surface area contributed by atoms with Gasteiger partial charge in [0.1, 0.15) is 24.5 Å². The summed E-state index contributed by atoms with van der Waals surface area (Å²) in [5.74, 6) is 4.63. The van der Waals surface area contributed by atoms with Crippen molar-refractivity contribution in [2.45, 2.75) is 12.3 Å². The molecule has 0 aliphatic carbocycles. The van der Waals surface area contributed by atoms with Crippen LogP contribution in [0.2, 0.25) is 0 Å². The van der Waals surface area contributed by atoms with Gasteiger partial charge in [-0.3, -0.25) is 9.36 Å². The number of nitrogens with zero attached hydrogens (tertiary/aromatic N) is 2. The summed E-state index contributed by atoms with van der Waals surface area (Å²) in [4.78, 5) is 17.2. The topological polar surface area (TPSA) is 74.6 Å². The Morgan fingerprint density at radius 3 is 2.83 bits per heavy atom. The Hall–Kier alpha value is -3.92. The first-order valence-electron chi connectivity index (χ1n) is 9.40. The van der Waals surface area contributed by atoms with Crippen LogP contribution in [0.3, 0.4) is 0 Å². The highest BCUT2D eigenvalue weighted by molar-refractivity contribution is 5.94. The van der Waals surface area contributed by atoms with Gasteiger partial charge in [-0.15, -0.1) is 6.42 Å². The predicted molar refractivity (Wildman–Crippen MR) is 113 cm³/mol. The summed E-state index contributed by atoms with van der Waals surface area (Å²) in [5.41, 5.74) is 2.53. The maximum absolute atomic E-state index is 12.5. The highest BCUT2D eigenvalue weighted by Crippen LogP contribution is 2.40. The largest absolute Gasteiger partial charge is 0.497 e. The molecule has 1 amide bonds. The van der Waals surface area contributed by atoms with Crippen molar-refractivity contribution in [2.24, 2.45) is 0 Å². The van der Waals surface area contributed by atoms with Crippen molar-refractivity contribution in [1.82, 2.24) is 9.55 Å². The molecule has 0 spiro atoms. The molecule has 7 nitrogen and oxygen atoms in total. The summed E-state index contributed by atoms with van der Waals surface area (Å²) in [5, 5.41) is 2.95. The Morgan fingerprint density at radius 2 is 2.07 bits per heavy atom. The molecule has 0 bridgehead atoms. The lowest BCUT2D eigenvalue weighted by Crippen LogP contribution is -2.25. The van der Waals surface area contributed by atoms with Gasteiger partial charge in [0.25, 0.3) is 0 Å². The van der Waals surface area contributed by atoms with Gasteiger partial charge in [-0.25, -0.2) is 4.98 Å². The molecule has 30 heavy (non-hydrogen) atoms. The number of carbonyl (C=O) groups is 1. The van der Waals surface area contributed by atoms with Crippen LogP contribution in [0.5, 0.6) is 17.2 Å². The molecule has 0 saturated heterocycles. The van der Waals surface area contributed by atoms with Crippen molar-refractivity contribution in [2.75, 3.05) is 26.1 Å². The van der Waals surface area contributed by atoms with Crippen molar-refractivity contribution >= 4 is 11.7 Å². The standard InChI is InChI=1S/C23H21N3O4/c1-4-10-30-20-11-15(8-9-19(20)29-3)18-13-21(27)25-23-22(18)24-14-26(23)16-6-5-7-17(12-16)28-2/h1,5-9,11-12,14,18H,10,13H2,2-3H3,(H,25,27)/t18-/m0/s1. The van der Waals surface area contributed by atoms with Crippen LogP contribution in [-0.4, -0.2) is 36.3 Å². The lowest BCUT2D eigenvalue weighted by Gasteiger charge is -2.24. The van der Waals surface area contributed by atoms with Gasteiger partial charge < -0.3 is 19.5 Å². The van der Waals surface area contributed by atoms with Crippen LogP contribution in [0.4, 0.5) is 5.82 Å². The van der Waals surface area contributed by atoms with E-state index in [1.807, 2.05) is 47.0 Å². The Morgan fingerprint density at radius 1 is 1.20 bits per heavy atom. The molecule has 7 heteroatoms. The van der Waals surface area contributed by atoms with Crippen LogP contribution in [-0.2, 0) is 4.79 Å². The van der Waals surface area contributed by atoms with E-state index < -0.39 is 0 Å². The SMILES string of the molecule is C#CCOc1cc([C@@H]2CC(=O)Nc3c2ncn3-c2cccc(OC)c2)ccc1OC. The number of benzene rings is 2. The zero-order valence-corrected chi connectivity index (χ0v) is 16.7. The third-order valence-electron chi connectivity index (χ3n) is 5.01. The van der Waals surface area contributed by atoms with Crippen molar-refractivity contribution in [3.05, 3.63) is 60.0 Å². The molecule has 0 fully saturated rings. The van der Waals surface area contributed by atoms with Crippen LogP contribution < -0.4 is 19.5 Å². The van der Waals surface area contributed by atoms with Crippen molar-refractivity contribution in [3.63, 3.8) is 0 Å². The van der Waals surface area contributed by atoms with Crippen LogP contribution >= 0.6 is 0 Å². The maximum atomic E-state index is 12.5. The zero-order chi connectivity index (χ0) is 21.1. The minimum absolute atomic E-state index is 0.0842. The first kappa shape index (κ1) is 19.4. The first-order chi connectivity index (χ1) is 14.6. The fourth-order valence-electron chi connectivity index (χ4n) is 3.58. The molecule has 4 rings (SSSR count). The molecule has 1 aromatic heterocycles. The fourth-order valence-corrected chi connectivity index (χ4v) is 3.58. The molecule has 1 atom stereocenters. The number of methoxy groups -OCH3 is 2. The number of imidazole rings is 1. The van der Waals surface area contributed by atoms with Crippen molar-refractivity contribution in [1.29, 1.82) is 0 Å². The Labute approximate surface area is 174 Å². The van der Waals surface area contributed by atoms with Gasteiger partial charge in [-0.2, -0.15) is 0 Å². The molecule has 2 aromatic carbocycles. The van der Waals surface area contributed by atoms with Gasteiger partial charge in [-0.05, 0) is 29.8 Å².